The smallest absolute Gasteiger partial charge is 0.257 e. The molecule has 1 aromatic rings. The quantitative estimate of drug-likeness (QED) is 0.776. The first kappa shape index (κ1) is 15.5. The maximum atomic E-state index is 13.9. The molecular formula is C16H21BrFNO. The minimum absolute atomic E-state index is 0.162. The van der Waals surface area contributed by atoms with Crippen molar-refractivity contribution < 1.29 is 9.18 Å². The lowest BCUT2D eigenvalue weighted by Gasteiger charge is -2.22. The van der Waals surface area contributed by atoms with E-state index in [4.69, 9.17) is 0 Å². The fourth-order valence-corrected chi connectivity index (χ4v) is 3.36. The molecule has 1 fully saturated rings. The molecule has 1 saturated heterocycles. The third-order valence-electron chi connectivity index (χ3n) is 4.18. The van der Waals surface area contributed by atoms with Crippen molar-refractivity contribution in [3.63, 3.8) is 0 Å². The highest BCUT2D eigenvalue weighted by Crippen LogP contribution is 2.27. The molecule has 1 unspecified atom stereocenters. The monoisotopic (exact) mass is 341 g/mol. The SMILES string of the molecule is CC(C)C1CCCN(C(=O)c2c(F)cccc2Br)CC1. The summed E-state index contributed by atoms with van der Waals surface area (Å²) in [7, 11) is 0. The van der Waals surface area contributed by atoms with Crippen molar-refractivity contribution in [3.05, 3.63) is 34.1 Å². The summed E-state index contributed by atoms with van der Waals surface area (Å²) in [6.45, 7) is 5.91. The molecule has 0 bridgehead atoms. The van der Waals surface area contributed by atoms with Crippen molar-refractivity contribution in [1.29, 1.82) is 0 Å². The highest BCUT2D eigenvalue weighted by atomic mass is 79.9. The van der Waals surface area contributed by atoms with Gasteiger partial charge in [-0.05, 0) is 59.2 Å². The second kappa shape index (κ2) is 6.70. The summed E-state index contributed by atoms with van der Waals surface area (Å²) in [5, 5.41) is 0. The fourth-order valence-electron chi connectivity index (χ4n) is 2.85. The molecule has 1 amide bonds. The molecular weight excluding hydrogens is 321 g/mol. The average molecular weight is 342 g/mol. The second-order valence-corrected chi connectivity index (χ2v) is 6.68. The van der Waals surface area contributed by atoms with Crippen LogP contribution in [0.4, 0.5) is 4.39 Å². The topological polar surface area (TPSA) is 20.3 Å². The number of likely N-dealkylation sites (tertiary alicyclic amines) is 1. The van der Waals surface area contributed by atoms with Crippen LogP contribution in [0.2, 0.25) is 0 Å². The number of hydrogen-bond acceptors (Lipinski definition) is 1. The Hall–Kier alpha value is -0.900. The van der Waals surface area contributed by atoms with Crippen LogP contribution in [0, 0.1) is 17.7 Å². The van der Waals surface area contributed by atoms with Crippen LogP contribution in [-0.2, 0) is 0 Å². The number of carbonyl (C=O) groups is 1. The van der Waals surface area contributed by atoms with Crippen LogP contribution in [0.15, 0.2) is 22.7 Å². The van der Waals surface area contributed by atoms with E-state index in [-0.39, 0.29) is 11.5 Å². The molecule has 0 spiro atoms. The Kier molecular flexibility index (Phi) is 5.19. The molecule has 0 aliphatic carbocycles. The van der Waals surface area contributed by atoms with Crippen molar-refractivity contribution in [2.75, 3.05) is 13.1 Å². The zero-order valence-electron chi connectivity index (χ0n) is 12.0. The van der Waals surface area contributed by atoms with E-state index in [1.54, 1.807) is 17.0 Å². The van der Waals surface area contributed by atoms with E-state index >= 15 is 0 Å². The van der Waals surface area contributed by atoms with Gasteiger partial charge in [0.2, 0.25) is 0 Å². The fraction of sp³-hybridized carbons (Fsp3) is 0.562. The summed E-state index contributed by atoms with van der Waals surface area (Å²) >= 11 is 3.28. The van der Waals surface area contributed by atoms with Crippen LogP contribution in [0.25, 0.3) is 0 Å². The van der Waals surface area contributed by atoms with Crippen molar-refractivity contribution in [1.82, 2.24) is 4.90 Å². The van der Waals surface area contributed by atoms with Gasteiger partial charge in [0.15, 0.2) is 0 Å². The third-order valence-corrected chi connectivity index (χ3v) is 4.84. The molecule has 0 radical (unpaired) electrons. The summed E-state index contributed by atoms with van der Waals surface area (Å²) in [6.07, 6.45) is 3.16. The van der Waals surface area contributed by atoms with E-state index in [9.17, 15) is 9.18 Å². The van der Waals surface area contributed by atoms with E-state index in [2.05, 4.69) is 29.8 Å². The molecule has 1 heterocycles. The third kappa shape index (κ3) is 3.40. The number of rotatable bonds is 2. The van der Waals surface area contributed by atoms with Gasteiger partial charge in [0.05, 0.1) is 5.56 Å². The molecule has 0 N–H and O–H groups in total. The lowest BCUT2D eigenvalue weighted by Crippen LogP contribution is -2.33. The van der Waals surface area contributed by atoms with E-state index in [0.717, 1.165) is 32.4 Å². The zero-order chi connectivity index (χ0) is 14.7. The Labute approximate surface area is 128 Å². The molecule has 2 rings (SSSR count). The first-order chi connectivity index (χ1) is 9.50. The van der Waals surface area contributed by atoms with Gasteiger partial charge in [-0.1, -0.05) is 19.9 Å². The summed E-state index contributed by atoms with van der Waals surface area (Å²) in [5.41, 5.74) is 0.162. The lowest BCUT2D eigenvalue weighted by molar-refractivity contribution is 0.0753. The highest BCUT2D eigenvalue weighted by molar-refractivity contribution is 9.10. The Morgan fingerprint density at radius 1 is 1.35 bits per heavy atom. The maximum Gasteiger partial charge on any atom is 0.257 e. The molecule has 2 nitrogen and oxygen atoms in total. The van der Waals surface area contributed by atoms with Crippen molar-refractivity contribution >= 4 is 21.8 Å². The van der Waals surface area contributed by atoms with Crippen LogP contribution in [0.3, 0.4) is 0 Å². The Morgan fingerprint density at radius 2 is 2.10 bits per heavy atom. The maximum absolute atomic E-state index is 13.9. The van der Waals surface area contributed by atoms with Gasteiger partial charge in [0.25, 0.3) is 5.91 Å². The summed E-state index contributed by atoms with van der Waals surface area (Å²) in [5.74, 6) is 0.663. The van der Waals surface area contributed by atoms with E-state index in [0.29, 0.717) is 16.3 Å². The number of carbonyl (C=O) groups excluding carboxylic acids is 1. The number of hydrogen-bond donors (Lipinski definition) is 0. The second-order valence-electron chi connectivity index (χ2n) is 5.82. The molecule has 1 aliphatic rings. The van der Waals surface area contributed by atoms with Crippen LogP contribution < -0.4 is 0 Å². The molecule has 0 saturated carbocycles. The van der Waals surface area contributed by atoms with Crippen molar-refractivity contribution in [2.45, 2.75) is 33.1 Å². The summed E-state index contributed by atoms with van der Waals surface area (Å²) in [6, 6.07) is 4.66. The highest BCUT2D eigenvalue weighted by Gasteiger charge is 2.25. The van der Waals surface area contributed by atoms with Gasteiger partial charge in [-0.25, -0.2) is 4.39 Å². The first-order valence-corrected chi connectivity index (χ1v) is 8.03. The predicted octanol–water partition coefficient (Wildman–Crippen LogP) is 4.49. The predicted molar refractivity (Wildman–Crippen MR) is 82.2 cm³/mol. The summed E-state index contributed by atoms with van der Waals surface area (Å²) in [4.78, 5) is 14.3. The summed E-state index contributed by atoms with van der Waals surface area (Å²) < 4.78 is 14.4. The number of amides is 1. The van der Waals surface area contributed by atoms with E-state index in [1.165, 1.54) is 6.07 Å². The number of halogens is 2. The van der Waals surface area contributed by atoms with Crippen molar-refractivity contribution in [3.8, 4) is 0 Å². The minimum atomic E-state index is -0.450. The molecule has 4 heteroatoms. The average Bonchev–Trinajstić information content (AvgIpc) is 2.64. The van der Waals surface area contributed by atoms with Gasteiger partial charge in [-0.15, -0.1) is 0 Å². The van der Waals surface area contributed by atoms with Gasteiger partial charge in [0.1, 0.15) is 5.82 Å². The van der Waals surface area contributed by atoms with Crippen molar-refractivity contribution in [2.24, 2.45) is 11.8 Å². The lowest BCUT2D eigenvalue weighted by atomic mass is 9.89. The molecule has 1 aliphatic heterocycles. The standard InChI is InChI=1S/C16H21BrFNO/c1-11(2)12-5-4-9-19(10-8-12)16(20)15-13(17)6-3-7-14(15)18/h3,6-7,11-12H,4-5,8-10H2,1-2H3. The normalized spacial score (nSPS) is 20.1. The molecule has 0 aromatic heterocycles. The van der Waals surface area contributed by atoms with Crippen LogP contribution >= 0.6 is 15.9 Å². The minimum Gasteiger partial charge on any atom is -0.339 e. The Morgan fingerprint density at radius 3 is 2.75 bits per heavy atom. The first-order valence-electron chi connectivity index (χ1n) is 7.24. The molecule has 110 valence electrons. The van der Waals surface area contributed by atoms with Crippen LogP contribution in [0.5, 0.6) is 0 Å². The van der Waals surface area contributed by atoms with Gasteiger partial charge < -0.3 is 4.90 Å². The van der Waals surface area contributed by atoms with Gasteiger partial charge in [0, 0.05) is 17.6 Å². The van der Waals surface area contributed by atoms with Gasteiger partial charge >= 0.3 is 0 Å². The molecule has 20 heavy (non-hydrogen) atoms. The van der Waals surface area contributed by atoms with Crippen LogP contribution in [0.1, 0.15) is 43.5 Å². The zero-order valence-corrected chi connectivity index (χ0v) is 13.6. The van der Waals surface area contributed by atoms with Crippen LogP contribution in [-0.4, -0.2) is 23.9 Å². The molecule has 1 aromatic carbocycles. The number of benzene rings is 1. The Balaban J connectivity index is 2.14. The van der Waals surface area contributed by atoms with Gasteiger partial charge in [-0.2, -0.15) is 0 Å². The largest absolute Gasteiger partial charge is 0.339 e. The van der Waals surface area contributed by atoms with E-state index < -0.39 is 5.82 Å². The Bertz CT molecular complexity index is 469. The van der Waals surface area contributed by atoms with E-state index in [1.807, 2.05) is 0 Å². The molecule has 1 atom stereocenters. The number of nitrogens with zero attached hydrogens (tertiary/aromatic N) is 1. The van der Waals surface area contributed by atoms with Gasteiger partial charge in [-0.3, -0.25) is 4.79 Å².